The monoisotopic (exact) mass is 393 g/mol. The first-order valence-corrected chi connectivity index (χ1v) is 8.35. The largest absolute Gasteiger partial charge is 0.387 e. The van der Waals surface area contributed by atoms with Gasteiger partial charge in [0.25, 0.3) is 0 Å². The predicted octanol–water partition coefficient (Wildman–Crippen LogP) is -0.230. The molecule has 0 unspecified atom stereocenters. The first-order valence-electron chi connectivity index (χ1n) is 8.35. The molecule has 1 saturated heterocycles. The lowest BCUT2D eigenvalue weighted by Crippen LogP contribution is -2.34. The molecule has 1 aliphatic rings. The van der Waals surface area contributed by atoms with Crippen molar-refractivity contribution in [1.29, 1.82) is 0 Å². The molecule has 0 radical (unpaired) electrons. The number of benzene rings is 1. The Kier molecular flexibility index (Phi) is 4.59. The van der Waals surface area contributed by atoms with Crippen LogP contribution in [-0.2, 0) is 4.74 Å². The number of fused-ring (bicyclic) bond motifs is 1. The number of rotatable bonds is 3. The lowest BCUT2D eigenvalue weighted by atomic mass is 9.99. The number of halogens is 2. The minimum atomic E-state index is -1.49. The van der Waals surface area contributed by atoms with Gasteiger partial charge in [-0.15, -0.1) is 0 Å². The highest BCUT2D eigenvalue weighted by Gasteiger charge is 2.47. The van der Waals surface area contributed by atoms with Gasteiger partial charge in [-0.05, 0) is 23.8 Å². The fourth-order valence-electron chi connectivity index (χ4n) is 3.38. The molecule has 0 aliphatic carbocycles. The summed E-state index contributed by atoms with van der Waals surface area (Å²) in [6.45, 7) is 0. The smallest absolute Gasteiger partial charge is 0.183 e. The van der Waals surface area contributed by atoms with Gasteiger partial charge >= 0.3 is 0 Å². The van der Waals surface area contributed by atoms with Crippen molar-refractivity contribution in [3.8, 4) is 0 Å². The minimum absolute atomic E-state index is 0.00754. The van der Waals surface area contributed by atoms with Crippen molar-refractivity contribution in [2.45, 2.75) is 30.6 Å². The number of nitrogens with one attached hydrogen (secondary N) is 1. The summed E-state index contributed by atoms with van der Waals surface area (Å²) in [6.07, 6.45) is -3.79. The second-order valence-corrected chi connectivity index (χ2v) is 6.43. The van der Waals surface area contributed by atoms with Gasteiger partial charge in [0, 0.05) is 6.20 Å². The number of aromatic nitrogens is 3. The van der Waals surface area contributed by atoms with E-state index in [1.165, 1.54) is 17.0 Å². The third-order valence-corrected chi connectivity index (χ3v) is 4.81. The summed E-state index contributed by atoms with van der Waals surface area (Å²) < 4.78 is 33.8. The van der Waals surface area contributed by atoms with Gasteiger partial charge in [-0.25, -0.2) is 13.8 Å². The molecule has 1 fully saturated rings. The van der Waals surface area contributed by atoms with Crippen molar-refractivity contribution < 1.29 is 28.8 Å². The van der Waals surface area contributed by atoms with Gasteiger partial charge in [-0.3, -0.25) is 0 Å². The molecule has 0 bridgehead atoms. The maximum Gasteiger partial charge on any atom is 0.183 e. The number of hydrogen-bond acceptors (Lipinski definition) is 7. The van der Waals surface area contributed by atoms with Gasteiger partial charge in [-0.2, -0.15) is 5.10 Å². The van der Waals surface area contributed by atoms with Crippen molar-refractivity contribution in [2.24, 2.45) is 10.9 Å². The van der Waals surface area contributed by atoms with Gasteiger partial charge in [0.1, 0.15) is 30.1 Å². The molecule has 1 aliphatic heterocycles. The van der Waals surface area contributed by atoms with E-state index in [4.69, 9.17) is 10.6 Å². The van der Waals surface area contributed by atoms with Crippen LogP contribution in [0.15, 0.2) is 41.9 Å². The van der Waals surface area contributed by atoms with Crippen LogP contribution in [0.25, 0.3) is 11.0 Å². The fraction of sp³-hybridized carbons (Fsp3) is 0.294. The highest BCUT2D eigenvalue weighted by Crippen LogP contribution is 2.37. The Bertz CT molecular complexity index is 1080. The number of ether oxygens (including phenoxy) is 1. The van der Waals surface area contributed by atoms with E-state index in [0.717, 1.165) is 12.1 Å². The molecule has 0 spiro atoms. The lowest BCUT2D eigenvalue weighted by molar-refractivity contribution is -0.0849. The number of hydrogen-bond donors (Lipinski definition) is 5. The lowest BCUT2D eigenvalue weighted by Gasteiger charge is -2.21. The quantitative estimate of drug-likeness (QED) is 0.307. The number of nitrogens with two attached hydrogens (primary N) is 1. The maximum absolute atomic E-state index is 13.5. The second-order valence-electron chi connectivity index (χ2n) is 6.43. The number of aromatic amines is 1. The predicted molar refractivity (Wildman–Crippen MR) is 91.1 cm³/mol. The highest BCUT2D eigenvalue weighted by molar-refractivity contribution is 5.74. The molecule has 2 aromatic heterocycles. The zero-order valence-electron chi connectivity index (χ0n) is 14.3. The summed E-state index contributed by atoms with van der Waals surface area (Å²) in [4.78, 5) is 6.86. The Balaban J connectivity index is 1.67. The molecule has 1 aromatic carbocycles. The normalized spacial score (nSPS) is 26.8. The summed E-state index contributed by atoms with van der Waals surface area (Å²) >= 11 is 0. The van der Waals surface area contributed by atoms with Crippen LogP contribution in [0.5, 0.6) is 0 Å². The molecule has 148 valence electrons. The van der Waals surface area contributed by atoms with E-state index < -0.39 is 42.3 Å². The van der Waals surface area contributed by atoms with Crippen LogP contribution in [0, 0.1) is 11.6 Å². The van der Waals surface area contributed by atoms with Crippen LogP contribution in [0.4, 0.5) is 8.78 Å². The van der Waals surface area contributed by atoms with Crippen LogP contribution in [0.2, 0.25) is 0 Å². The maximum atomic E-state index is 13.5. The van der Waals surface area contributed by atoms with Gasteiger partial charge in [0.05, 0.1) is 11.7 Å². The van der Waals surface area contributed by atoms with Crippen molar-refractivity contribution >= 4 is 11.0 Å². The van der Waals surface area contributed by atoms with Gasteiger partial charge in [-0.1, -0.05) is 6.07 Å². The summed E-state index contributed by atoms with van der Waals surface area (Å²) in [6, 6.07) is 4.50. The van der Waals surface area contributed by atoms with Crippen LogP contribution >= 0.6 is 0 Å². The molecule has 28 heavy (non-hydrogen) atoms. The van der Waals surface area contributed by atoms with Crippen molar-refractivity contribution in [3.63, 3.8) is 0 Å². The van der Waals surface area contributed by atoms with Crippen LogP contribution < -0.4 is 11.3 Å². The first-order chi connectivity index (χ1) is 13.4. The van der Waals surface area contributed by atoms with Gasteiger partial charge in [0.2, 0.25) is 0 Å². The van der Waals surface area contributed by atoms with E-state index in [2.05, 4.69) is 15.1 Å². The zero-order valence-corrected chi connectivity index (χ0v) is 14.3. The third kappa shape index (κ3) is 2.85. The van der Waals surface area contributed by atoms with E-state index in [-0.39, 0.29) is 11.1 Å². The summed E-state index contributed by atoms with van der Waals surface area (Å²) in [5.41, 5.74) is 0.741. The average Bonchev–Trinajstić information content (AvgIpc) is 3.25. The minimum Gasteiger partial charge on any atom is -0.387 e. The molecule has 6 N–H and O–H groups in total. The topological polar surface area (TPSA) is 142 Å². The van der Waals surface area contributed by atoms with Crippen molar-refractivity contribution in [1.82, 2.24) is 14.5 Å². The Hall–Kier alpha value is -2.86. The van der Waals surface area contributed by atoms with E-state index in [0.29, 0.717) is 11.0 Å². The van der Waals surface area contributed by atoms with Crippen LogP contribution in [0.3, 0.4) is 0 Å². The van der Waals surface area contributed by atoms with Crippen molar-refractivity contribution in [2.75, 3.05) is 0 Å². The molecule has 3 aromatic rings. The molecule has 11 heteroatoms. The first kappa shape index (κ1) is 18.5. The molecule has 9 nitrogen and oxygen atoms in total. The standard InChI is InChI=1S/C17H17F2N5O4/c18-9-2-1-7(5-10(9)19)11(25)14-12(26)13(27)17(28-14)24-4-3-8-15(23-20)21-6-22-16(8)24/h1-6,11-14,17,25-27H,20H2,(H,21,22,23)/t11-,12+,13-,14-,17-/m1/s1. The number of aliphatic hydroxyl groups excluding tert-OH is 3. The SMILES string of the molecule is NN=c1nc[nH]c2c1ccn2[C@@H]1O[C@H]([C@H](O)c2ccc(F)c(F)c2)[C@@H](O)[C@H]1O. The second kappa shape index (κ2) is 6.95. The molecule has 4 rings (SSSR count). The molecule has 5 atom stereocenters. The van der Waals surface area contributed by atoms with Gasteiger partial charge in [0.15, 0.2) is 23.4 Å². The van der Waals surface area contributed by atoms with E-state index >= 15 is 0 Å². The van der Waals surface area contributed by atoms with Gasteiger partial charge < -0.3 is 35.5 Å². The van der Waals surface area contributed by atoms with E-state index in [1.807, 2.05) is 0 Å². The average molecular weight is 393 g/mol. The molecule has 0 amide bonds. The fourth-order valence-corrected chi connectivity index (χ4v) is 3.38. The Morgan fingerprint density at radius 3 is 2.71 bits per heavy atom. The van der Waals surface area contributed by atoms with Crippen LogP contribution in [0.1, 0.15) is 17.9 Å². The Morgan fingerprint density at radius 2 is 2.00 bits per heavy atom. The molecule has 3 heterocycles. The molecular formula is C17H17F2N5O4. The summed E-state index contributed by atoms with van der Waals surface area (Å²) in [7, 11) is 0. The number of aliphatic hydroxyl groups is 3. The summed E-state index contributed by atoms with van der Waals surface area (Å²) in [5, 5.41) is 35.5. The summed E-state index contributed by atoms with van der Waals surface area (Å²) in [5.74, 6) is 3.10. The molecule has 0 saturated carbocycles. The Labute approximate surface area is 156 Å². The zero-order chi connectivity index (χ0) is 20.0. The van der Waals surface area contributed by atoms with Crippen LogP contribution in [-0.4, -0.2) is 48.2 Å². The third-order valence-electron chi connectivity index (χ3n) is 4.81. The molecular weight excluding hydrogens is 376 g/mol. The van der Waals surface area contributed by atoms with E-state index in [9.17, 15) is 24.1 Å². The Morgan fingerprint density at radius 1 is 1.21 bits per heavy atom. The van der Waals surface area contributed by atoms with Crippen molar-refractivity contribution in [3.05, 3.63) is 59.5 Å². The van der Waals surface area contributed by atoms with E-state index in [1.54, 1.807) is 12.3 Å². The number of nitrogens with zero attached hydrogens (tertiary/aromatic N) is 3. The highest BCUT2D eigenvalue weighted by atomic mass is 19.2. The number of H-pyrrole nitrogens is 1.